The molecule has 0 unspecified atom stereocenters. The standard InChI is InChI=1S/C59H42N4/c1-7-21-43(22-8-1)56-42-57(44-23-9-2-10-24-44)61-58(60-56)63(50-37-35-49(36-38-50)62(47-29-15-5-16-30-47)48-31-17-6-18-32-48)51-39-40-53-52-33-19-20-34-54(52)59(55(53)41-51,45-25-11-3-12-26-45)46-27-13-4-14-28-46/h1-42H. The van der Waals surface area contributed by atoms with Gasteiger partial charge in [0.1, 0.15) is 0 Å². The molecular formula is C59H42N4. The van der Waals surface area contributed by atoms with Crippen molar-refractivity contribution in [3.05, 3.63) is 277 Å². The monoisotopic (exact) mass is 806 g/mol. The zero-order valence-corrected chi connectivity index (χ0v) is 34.5. The predicted octanol–water partition coefficient (Wildman–Crippen LogP) is 15.1. The molecule has 4 heteroatoms. The average Bonchev–Trinajstić information content (AvgIpc) is 3.67. The van der Waals surface area contributed by atoms with E-state index in [1.165, 1.54) is 33.4 Å². The van der Waals surface area contributed by atoms with Crippen LogP contribution >= 0.6 is 0 Å². The van der Waals surface area contributed by atoms with Gasteiger partial charge in [-0.05, 0) is 100 Å². The van der Waals surface area contributed by atoms with Gasteiger partial charge in [0.15, 0.2) is 0 Å². The van der Waals surface area contributed by atoms with Crippen LogP contribution in [0, 0.1) is 0 Å². The molecule has 298 valence electrons. The smallest absolute Gasteiger partial charge is 0.235 e. The summed E-state index contributed by atoms with van der Waals surface area (Å²) in [4.78, 5) is 15.4. The normalized spacial score (nSPS) is 12.3. The number of fused-ring (bicyclic) bond motifs is 3. The number of anilines is 6. The molecule has 10 aromatic rings. The summed E-state index contributed by atoms with van der Waals surface area (Å²) in [5, 5.41) is 0. The van der Waals surface area contributed by atoms with Crippen molar-refractivity contribution in [2.45, 2.75) is 5.41 Å². The summed E-state index contributed by atoms with van der Waals surface area (Å²) in [6.45, 7) is 0. The van der Waals surface area contributed by atoms with Crippen molar-refractivity contribution < 1.29 is 0 Å². The Kier molecular flexibility index (Phi) is 9.72. The molecule has 0 atom stereocenters. The Balaban J connectivity index is 1.16. The Morgan fingerprint density at radius 2 is 0.667 bits per heavy atom. The zero-order valence-electron chi connectivity index (χ0n) is 34.5. The lowest BCUT2D eigenvalue weighted by atomic mass is 9.67. The third-order valence-corrected chi connectivity index (χ3v) is 12.1. The van der Waals surface area contributed by atoms with E-state index in [4.69, 9.17) is 9.97 Å². The molecule has 0 radical (unpaired) electrons. The van der Waals surface area contributed by atoms with Crippen molar-refractivity contribution in [3.63, 3.8) is 0 Å². The van der Waals surface area contributed by atoms with Gasteiger partial charge in [-0.1, -0.05) is 188 Å². The van der Waals surface area contributed by atoms with Crippen molar-refractivity contribution in [3.8, 4) is 33.6 Å². The second-order valence-electron chi connectivity index (χ2n) is 15.8. The molecule has 9 aromatic carbocycles. The van der Waals surface area contributed by atoms with Crippen molar-refractivity contribution >= 4 is 34.4 Å². The fourth-order valence-electron chi connectivity index (χ4n) is 9.35. The Morgan fingerprint density at radius 3 is 1.17 bits per heavy atom. The second-order valence-corrected chi connectivity index (χ2v) is 15.8. The Morgan fingerprint density at radius 1 is 0.286 bits per heavy atom. The lowest BCUT2D eigenvalue weighted by molar-refractivity contribution is 0.768. The highest BCUT2D eigenvalue weighted by atomic mass is 15.3. The number of benzene rings is 9. The van der Waals surface area contributed by atoms with E-state index in [0.717, 1.165) is 51.0 Å². The second kappa shape index (κ2) is 16.3. The summed E-state index contributed by atoms with van der Waals surface area (Å²) in [5.74, 6) is 0.575. The van der Waals surface area contributed by atoms with Crippen LogP contribution in [0.3, 0.4) is 0 Å². The molecule has 0 fully saturated rings. The summed E-state index contributed by atoms with van der Waals surface area (Å²) in [6.07, 6.45) is 0. The van der Waals surface area contributed by atoms with E-state index in [9.17, 15) is 0 Å². The van der Waals surface area contributed by atoms with E-state index in [1.54, 1.807) is 0 Å². The molecule has 0 bridgehead atoms. The van der Waals surface area contributed by atoms with E-state index in [2.05, 4.69) is 252 Å². The van der Waals surface area contributed by atoms with Gasteiger partial charge in [-0.3, -0.25) is 4.90 Å². The molecule has 11 rings (SSSR count). The minimum absolute atomic E-state index is 0.575. The highest BCUT2D eigenvalue weighted by Crippen LogP contribution is 2.57. The molecule has 0 N–H and O–H groups in total. The predicted molar refractivity (Wildman–Crippen MR) is 260 cm³/mol. The molecule has 0 saturated heterocycles. The van der Waals surface area contributed by atoms with Crippen LogP contribution in [0.2, 0.25) is 0 Å². The maximum absolute atomic E-state index is 5.43. The number of hydrogen-bond acceptors (Lipinski definition) is 4. The number of nitrogens with zero attached hydrogens (tertiary/aromatic N) is 4. The highest BCUT2D eigenvalue weighted by Gasteiger charge is 2.46. The van der Waals surface area contributed by atoms with Gasteiger partial charge in [-0.15, -0.1) is 0 Å². The van der Waals surface area contributed by atoms with Gasteiger partial charge in [0.2, 0.25) is 5.95 Å². The van der Waals surface area contributed by atoms with E-state index >= 15 is 0 Å². The van der Waals surface area contributed by atoms with E-state index in [0.29, 0.717) is 5.95 Å². The molecule has 4 nitrogen and oxygen atoms in total. The number of hydrogen-bond donors (Lipinski definition) is 0. The quantitative estimate of drug-likeness (QED) is 0.138. The average molecular weight is 807 g/mol. The fourth-order valence-corrected chi connectivity index (χ4v) is 9.35. The molecule has 1 heterocycles. The van der Waals surface area contributed by atoms with E-state index in [-0.39, 0.29) is 0 Å². The zero-order chi connectivity index (χ0) is 42.0. The fraction of sp³-hybridized carbons (Fsp3) is 0.0169. The van der Waals surface area contributed by atoms with Crippen molar-refractivity contribution in [1.82, 2.24) is 9.97 Å². The first-order valence-corrected chi connectivity index (χ1v) is 21.4. The van der Waals surface area contributed by atoms with Gasteiger partial charge < -0.3 is 4.90 Å². The van der Waals surface area contributed by atoms with Gasteiger partial charge in [-0.25, -0.2) is 9.97 Å². The van der Waals surface area contributed by atoms with Gasteiger partial charge in [-0.2, -0.15) is 0 Å². The first-order chi connectivity index (χ1) is 31.3. The van der Waals surface area contributed by atoms with E-state index in [1.807, 2.05) is 12.1 Å². The lowest BCUT2D eigenvalue weighted by Crippen LogP contribution is -2.28. The van der Waals surface area contributed by atoms with Crippen LogP contribution in [0.15, 0.2) is 255 Å². The van der Waals surface area contributed by atoms with Gasteiger partial charge >= 0.3 is 0 Å². The van der Waals surface area contributed by atoms with Crippen molar-refractivity contribution in [1.29, 1.82) is 0 Å². The van der Waals surface area contributed by atoms with Gasteiger partial charge in [0.05, 0.1) is 16.8 Å². The van der Waals surface area contributed by atoms with Crippen LogP contribution in [0.1, 0.15) is 22.3 Å². The lowest BCUT2D eigenvalue weighted by Gasteiger charge is -2.34. The first-order valence-electron chi connectivity index (χ1n) is 21.4. The first kappa shape index (κ1) is 37.6. The molecule has 0 aliphatic heterocycles. The van der Waals surface area contributed by atoms with Crippen LogP contribution in [0.4, 0.5) is 34.4 Å². The molecule has 0 saturated carbocycles. The largest absolute Gasteiger partial charge is 0.311 e. The Labute approximate surface area is 368 Å². The highest BCUT2D eigenvalue weighted by molar-refractivity contribution is 5.90. The van der Waals surface area contributed by atoms with Crippen LogP contribution in [0.25, 0.3) is 33.6 Å². The van der Waals surface area contributed by atoms with Gasteiger partial charge in [0, 0.05) is 39.6 Å². The summed E-state index contributed by atoms with van der Waals surface area (Å²) < 4.78 is 0. The van der Waals surface area contributed by atoms with E-state index < -0.39 is 5.41 Å². The Hall–Kier alpha value is -8.34. The maximum atomic E-state index is 5.43. The third-order valence-electron chi connectivity index (χ3n) is 12.1. The minimum atomic E-state index is -0.576. The number of aromatic nitrogens is 2. The summed E-state index contributed by atoms with van der Waals surface area (Å²) in [6, 6.07) is 90.4. The SMILES string of the molecule is c1ccc(-c2cc(-c3ccccc3)nc(N(c3ccc(N(c4ccccc4)c4ccccc4)cc3)c3ccc4c(c3)C(c3ccccc3)(c3ccccc3)c3ccccc3-4)n2)cc1. The minimum Gasteiger partial charge on any atom is -0.311 e. The summed E-state index contributed by atoms with van der Waals surface area (Å²) in [7, 11) is 0. The van der Waals surface area contributed by atoms with Crippen LogP contribution in [0.5, 0.6) is 0 Å². The topological polar surface area (TPSA) is 32.3 Å². The van der Waals surface area contributed by atoms with Crippen molar-refractivity contribution in [2.75, 3.05) is 9.80 Å². The number of rotatable bonds is 10. The number of para-hydroxylation sites is 2. The van der Waals surface area contributed by atoms with Crippen molar-refractivity contribution in [2.24, 2.45) is 0 Å². The summed E-state index contributed by atoms with van der Waals surface area (Å²) in [5.41, 5.74) is 15.6. The molecule has 1 aromatic heterocycles. The molecule has 0 spiro atoms. The van der Waals surface area contributed by atoms with Crippen LogP contribution in [-0.4, -0.2) is 9.97 Å². The van der Waals surface area contributed by atoms with Crippen LogP contribution in [-0.2, 0) is 5.41 Å². The maximum Gasteiger partial charge on any atom is 0.235 e. The summed E-state index contributed by atoms with van der Waals surface area (Å²) >= 11 is 0. The molecule has 0 amide bonds. The molecular weight excluding hydrogens is 765 g/mol. The molecule has 1 aliphatic carbocycles. The van der Waals surface area contributed by atoms with Gasteiger partial charge in [0.25, 0.3) is 0 Å². The molecule has 1 aliphatic rings. The van der Waals surface area contributed by atoms with Crippen LogP contribution < -0.4 is 9.80 Å². The molecule has 63 heavy (non-hydrogen) atoms. The third kappa shape index (κ3) is 6.75. The Bertz CT molecular complexity index is 3000.